The summed E-state index contributed by atoms with van der Waals surface area (Å²) < 4.78 is 0. The van der Waals surface area contributed by atoms with Gasteiger partial charge in [0.05, 0.1) is 0 Å². The quantitative estimate of drug-likeness (QED) is 0.756. The number of likely N-dealkylation sites (tertiary alicyclic amines) is 1. The van der Waals surface area contributed by atoms with Crippen LogP contribution in [0.5, 0.6) is 0 Å². The number of nitrogens with two attached hydrogens (primary N) is 1. The number of piperidine rings is 1. The van der Waals surface area contributed by atoms with Crippen molar-refractivity contribution in [3.8, 4) is 0 Å². The predicted octanol–water partition coefficient (Wildman–Crippen LogP) is 2.09. The highest BCUT2D eigenvalue weighted by Crippen LogP contribution is 2.35. The number of hydrogen-bond acceptors (Lipinski definition) is 2. The summed E-state index contributed by atoms with van der Waals surface area (Å²) in [5.41, 5.74) is 6.17. The van der Waals surface area contributed by atoms with E-state index in [1.54, 1.807) is 0 Å². The Balaban J connectivity index is 1.94. The van der Waals surface area contributed by atoms with E-state index in [0.717, 1.165) is 30.3 Å². The molecule has 2 heteroatoms. The van der Waals surface area contributed by atoms with Crippen molar-refractivity contribution in [2.24, 2.45) is 23.5 Å². The summed E-state index contributed by atoms with van der Waals surface area (Å²) in [7, 11) is 0. The van der Waals surface area contributed by atoms with Crippen LogP contribution in [-0.2, 0) is 0 Å². The summed E-state index contributed by atoms with van der Waals surface area (Å²) in [6.07, 6.45) is 4.05. The lowest BCUT2D eigenvalue weighted by Gasteiger charge is -2.48. The lowest BCUT2D eigenvalue weighted by atomic mass is 9.77. The normalized spacial score (nSPS) is 43.0. The molecule has 4 unspecified atom stereocenters. The van der Waals surface area contributed by atoms with Crippen LogP contribution in [0.25, 0.3) is 0 Å². The fourth-order valence-corrected chi connectivity index (χ4v) is 3.16. The van der Waals surface area contributed by atoms with E-state index in [1.807, 2.05) is 0 Å². The van der Waals surface area contributed by atoms with Gasteiger partial charge in [0.15, 0.2) is 0 Å². The standard InChI is InChI=1S/C13H26N2/c1-9(2)11-6-12(14)8-15(7-11)13-5-4-10(13)3/h9-13H,4-8,14H2,1-3H3. The van der Waals surface area contributed by atoms with Gasteiger partial charge in [-0.1, -0.05) is 20.8 Å². The first-order valence-corrected chi connectivity index (χ1v) is 6.57. The molecule has 2 nitrogen and oxygen atoms in total. The van der Waals surface area contributed by atoms with Gasteiger partial charge in [-0.15, -0.1) is 0 Å². The van der Waals surface area contributed by atoms with Gasteiger partial charge < -0.3 is 5.73 Å². The van der Waals surface area contributed by atoms with Crippen molar-refractivity contribution in [2.75, 3.05) is 13.1 Å². The zero-order valence-corrected chi connectivity index (χ0v) is 10.4. The van der Waals surface area contributed by atoms with E-state index in [4.69, 9.17) is 5.73 Å². The van der Waals surface area contributed by atoms with Crippen LogP contribution >= 0.6 is 0 Å². The zero-order chi connectivity index (χ0) is 11.0. The van der Waals surface area contributed by atoms with Gasteiger partial charge in [0.25, 0.3) is 0 Å². The highest BCUT2D eigenvalue weighted by atomic mass is 15.2. The molecular formula is C13H26N2. The molecule has 2 N–H and O–H groups in total. The van der Waals surface area contributed by atoms with E-state index < -0.39 is 0 Å². The van der Waals surface area contributed by atoms with Gasteiger partial charge in [0.2, 0.25) is 0 Å². The minimum absolute atomic E-state index is 0.416. The average molecular weight is 210 g/mol. The Bertz CT molecular complexity index is 215. The molecule has 0 amide bonds. The van der Waals surface area contributed by atoms with Crippen molar-refractivity contribution >= 4 is 0 Å². The minimum atomic E-state index is 0.416. The summed E-state index contributed by atoms with van der Waals surface area (Å²) in [6.45, 7) is 9.49. The van der Waals surface area contributed by atoms with E-state index in [1.165, 1.54) is 25.8 Å². The molecule has 15 heavy (non-hydrogen) atoms. The van der Waals surface area contributed by atoms with E-state index >= 15 is 0 Å². The van der Waals surface area contributed by atoms with Crippen molar-refractivity contribution < 1.29 is 0 Å². The largest absolute Gasteiger partial charge is 0.327 e. The van der Waals surface area contributed by atoms with Gasteiger partial charge in [-0.2, -0.15) is 0 Å². The predicted molar refractivity (Wildman–Crippen MR) is 64.7 cm³/mol. The Morgan fingerprint density at radius 3 is 2.40 bits per heavy atom. The SMILES string of the molecule is CC(C)C1CC(N)CN(C2CCC2C)C1. The van der Waals surface area contributed by atoms with E-state index in [2.05, 4.69) is 25.7 Å². The second-order valence-electron chi connectivity index (χ2n) is 6.08. The zero-order valence-electron chi connectivity index (χ0n) is 10.4. The first-order valence-electron chi connectivity index (χ1n) is 6.57. The van der Waals surface area contributed by atoms with Gasteiger partial charge >= 0.3 is 0 Å². The van der Waals surface area contributed by atoms with Crippen molar-refractivity contribution in [1.82, 2.24) is 4.90 Å². The van der Waals surface area contributed by atoms with Gasteiger partial charge in [-0.25, -0.2) is 0 Å². The Kier molecular flexibility index (Phi) is 3.36. The molecule has 2 fully saturated rings. The molecule has 0 bridgehead atoms. The molecule has 1 saturated carbocycles. The van der Waals surface area contributed by atoms with Crippen LogP contribution in [0.3, 0.4) is 0 Å². The molecule has 1 aliphatic carbocycles. The molecule has 88 valence electrons. The highest BCUT2D eigenvalue weighted by molar-refractivity contribution is 4.92. The minimum Gasteiger partial charge on any atom is -0.327 e. The van der Waals surface area contributed by atoms with E-state index in [0.29, 0.717) is 6.04 Å². The maximum absolute atomic E-state index is 6.17. The number of nitrogens with zero attached hydrogens (tertiary/aromatic N) is 1. The van der Waals surface area contributed by atoms with Crippen molar-refractivity contribution in [3.05, 3.63) is 0 Å². The third-order valence-electron chi connectivity index (χ3n) is 4.53. The summed E-state index contributed by atoms with van der Waals surface area (Å²) in [5, 5.41) is 0. The molecular weight excluding hydrogens is 184 g/mol. The van der Waals surface area contributed by atoms with E-state index in [-0.39, 0.29) is 0 Å². The molecule has 0 aromatic rings. The molecule has 4 atom stereocenters. The molecule has 1 heterocycles. The Morgan fingerprint density at radius 2 is 1.93 bits per heavy atom. The molecule has 2 rings (SSSR count). The maximum Gasteiger partial charge on any atom is 0.0171 e. The molecule has 2 aliphatic rings. The summed E-state index contributed by atoms with van der Waals surface area (Å²) in [6, 6.07) is 1.26. The monoisotopic (exact) mass is 210 g/mol. The molecule has 0 aromatic heterocycles. The molecule has 1 saturated heterocycles. The lowest BCUT2D eigenvalue weighted by Crippen LogP contribution is -2.56. The van der Waals surface area contributed by atoms with Crippen LogP contribution in [-0.4, -0.2) is 30.1 Å². The van der Waals surface area contributed by atoms with Crippen LogP contribution in [0, 0.1) is 17.8 Å². The number of rotatable bonds is 2. The molecule has 0 radical (unpaired) electrons. The molecule has 0 spiro atoms. The Morgan fingerprint density at radius 1 is 1.20 bits per heavy atom. The van der Waals surface area contributed by atoms with E-state index in [9.17, 15) is 0 Å². The fraction of sp³-hybridized carbons (Fsp3) is 1.00. The topological polar surface area (TPSA) is 29.3 Å². The maximum atomic E-state index is 6.17. The van der Waals surface area contributed by atoms with Crippen LogP contribution in [0.1, 0.15) is 40.0 Å². The summed E-state index contributed by atoms with van der Waals surface area (Å²) in [4.78, 5) is 2.67. The van der Waals surface area contributed by atoms with Gasteiger partial charge in [-0.3, -0.25) is 4.90 Å². The van der Waals surface area contributed by atoms with Gasteiger partial charge in [0, 0.05) is 25.2 Å². The van der Waals surface area contributed by atoms with Gasteiger partial charge in [-0.05, 0) is 37.0 Å². The lowest BCUT2D eigenvalue weighted by molar-refractivity contribution is 0.0192. The second-order valence-corrected chi connectivity index (χ2v) is 6.08. The number of hydrogen-bond donors (Lipinski definition) is 1. The Hall–Kier alpha value is -0.0800. The van der Waals surface area contributed by atoms with Crippen molar-refractivity contribution in [1.29, 1.82) is 0 Å². The highest BCUT2D eigenvalue weighted by Gasteiger charge is 2.37. The smallest absolute Gasteiger partial charge is 0.0171 e. The third-order valence-corrected chi connectivity index (χ3v) is 4.53. The average Bonchev–Trinajstić information content (AvgIpc) is 2.14. The van der Waals surface area contributed by atoms with Crippen LogP contribution in [0.15, 0.2) is 0 Å². The fourth-order valence-electron chi connectivity index (χ4n) is 3.16. The molecule has 1 aliphatic heterocycles. The second kappa shape index (κ2) is 4.42. The summed E-state index contributed by atoms with van der Waals surface area (Å²) in [5.74, 6) is 2.51. The van der Waals surface area contributed by atoms with Crippen LogP contribution < -0.4 is 5.73 Å². The van der Waals surface area contributed by atoms with Crippen molar-refractivity contribution in [3.63, 3.8) is 0 Å². The first-order chi connectivity index (χ1) is 7.08. The van der Waals surface area contributed by atoms with Crippen molar-refractivity contribution in [2.45, 2.75) is 52.1 Å². The van der Waals surface area contributed by atoms with Crippen LogP contribution in [0.2, 0.25) is 0 Å². The third kappa shape index (κ3) is 2.36. The Labute approximate surface area is 94.2 Å². The first kappa shape index (κ1) is 11.4. The summed E-state index contributed by atoms with van der Waals surface area (Å²) >= 11 is 0. The molecule has 0 aromatic carbocycles. The van der Waals surface area contributed by atoms with Crippen LogP contribution in [0.4, 0.5) is 0 Å². The van der Waals surface area contributed by atoms with Gasteiger partial charge in [0.1, 0.15) is 0 Å².